The van der Waals surface area contributed by atoms with E-state index in [1.165, 1.54) is 0 Å². The SMILES string of the molecule is [SiH3]Oc1cc(Cl)c(Cl)c(-c2ccccc2)c1-c1ccccc1. The predicted octanol–water partition coefficient (Wildman–Crippen LogP) is 4.99. The van der Waals surface area contributed by atoms with Gasteiger partial charge in [0.2, 0.25) is 10.5 Å². The first kappa shape index (κ1) is 15.2. The van der Waals surface area contributed by atoms with Crippen molar-refractivity contribution in [3.05, 3.63) is 76.8 Å². The molecular weight excluding hydrogens is 331 g/mol. The lowest BCUT2D eigenvalue weighted by molar-refractivity contribution is 0.619. The summed E-state index contributed by atoms with van der Waals surface area (Å²) < 4.78 is 5.69. The molecule has 0 bridgehead atoms. The molecule has 0 aliphatic rings. The molecule has 3 aromatic carbocycles. The third-order valence-corrected chi connectivity index (χ3v) is 4.76. The Kier molecular flexibility index (Phi) is 4.53. The lowest BCUT2D eigenvalue weighted by Crippen LogP contribution is -1.94. The van der Waals surface area contributed by atoms with Crippen molar-refractivity contribution in [1.29, 1.82) is 0 Å². The van der Waals surface area contributed by atoms with Gasteiger partial charge in [-0.25, -0.2) is 0 Å². The van der Waals surface area contributed by atoms with Gasteiger partial charge in [0.15, 0.2) is 0 Å². The van der Waals surface area contributed by atoms with Gasteiger partial charge in [-0.15, -0.1) is 0 Å². The summed E-state index contributed by atoms with van der Waals surface area (Å²) in [5.41, 5.74) is 3.97. The number of rotatable bonds is 3. The minimum atomic E-state index is 0.506. The maximum Gasteiger partial charge on any atom is 0.204 e. The minimum Gasteiger partial charge on any atom is -0.553 e. The van der Waals surface area contributed by atoms with Gasteiger partial charge in [-0.3, -0.25) is 0 Å². The fourth-order valence-electron chi connectivity index (χ4n) is 2.53. The standard InChI is InChI=1S/C18H14Cl2OSi/c19-14-11-15(21-22)16(12-7-3-1-4-8-12)17(18(14)20)13-9-5-2-6-10-13/h1-11H,22H3. The van der Waals surface area contributed by atoms with Gasteiger partial charge in [0.1, 0.15) is 5.75 Å². The lowest BCUT2D eigenvalue weighted by Gasteiger charge is -2.18. The summed E-state index contributed by atoms with van der Waals surface area (Å²) in [5.74, 6) is 0.770. The zero-order chi connectivity index (χ0) is 15.5. The highest BCUT2D eigenvalue weighted by Crippen LogP contribution is 2.46. The summed E-state index contributed by atoms with van der Waals surface area (Å²) in [7, 11) is 0.581. The van der Waals surface area contributed by atoms with Crippen LogP contribution in [-0.4, -0.2) is 10.5 Å². The zero-order valence-corrected chi connectivity index (χ0v) is 15.5. The van der Waals surface area contributed by atoms with Crippen LogP contribution >= 0.6 is 23.2 Å². The van der Waals surface area contributed by atoms with Crippen LogP contribution in [0.3, 0.4) is 0 Å². The molecule has 110 valence electrons. The fraction of sp³-hybridized carbons (Fsp3) is 0. The highest BCUT2D eigenvalue weighted by Gasteiger charge is 2.19. The second-order valence-electron chi connectivity index (χ2n) is 4.86. The molecule has 3 aromatic rings. The van der Waals surface area contributed by atoms with Crippen molar-refractivity contribution in [1.82, 2.24) is 0 Å². The van der Waals surface area contributed by atoms with Crippen LogP contribution in [0.4, 0.5) is 0 Å². The Balaban J connectivity index is 2.38. The molecule has 3 rings (SSSR count). The van der Waals surface area contributed by atoms with E-state index < -0.39 is 0 Å². The maximum absolute atomic E-state index is 6.54. The molecule has 0 fully saturated rings. The van der Waals surface area contributed by atoms with Crippen molar-refractivity contribution in [3.8, 4) is 28.0 Å². The first-order valence-corrected chi connectivity index (χ1v) is 8.46. The molecule has 0 aliphatic carbocycles. The van der Waals surface area contributed by atoms with E-state index >= 15 is 0 Å². The second-order valence-corrected chi connectivity index (χ2v) is 6.05. The van der Waals surface area contributed by atoms with Crippen molar-refractivity contribution >= 4 is 33.7 Å². The monoisotopic (exact) mass is 344 g/mol. The summed E-state index contributed by atoms with van der Waals surface area (Å²) in [6, 6.07) is 21.9. The van der Waals surface area contributed by atoms with E-state index in [1.54, 1.807) is 6.07 Å². The van der Waals surface area contributed by atoms with Crippen molar-refractivity contribution in [2.75, 3.05) is 0 Å². The van der Waals surface area contributed by atoms with Crippen LogP contribution < -0.4 is 4.43 Å². The van der Waals surface area contributed by atoms with Crippen molar-refractivity contribution in [2.24, 2.45) is 0 Å². The molecule has 0 aliphatic heterocycles. The first-order valence-electron chi connectivity index (χ1n) is 6.89. The third-order valence-electron chi connectivity index (χ3n) is 3.53. The first-order chi connectivity index (χ1) is 10.7. The minimum absolute atomic E-state index is 0.506. The molecule has 0 unspecified atom stereocenters. The quantitative estimate of drug-likeness (QED) is 0.608. The summed E-state index contributed by atoms with van der Waals surface area (Å²) in [6.07, 6.45) is 0. The van der Waals surface area contributed by atoms with E-state index in [0.717, 1.165) is 28.0 Å². The van der Waals surface area contributed by atoms with Crippen LogP contribution in [0.2, 0.25) is 10.0 Å². The molecule has 0 N–H and O–H groups in total. The van der Waals surface area contributed by atoms with Crippen molar-refractivity contribution in [3.63, 3.8) is 0 Å². The number of halogens is 2. The normalized spacial score (nSPS) is 10.6. The zero-order valence-electron chi connectivity index (χ0n) is 12.0. The molecule has 1 nitrogen and oxygen atoms in total. The van der Waals surface area contributed by atoms with E-state index in [-0.39, 0.29) is 0 Å². The molecule has 0 spiro atoms. The molecule has 22 heavy (non-hydrogen) atoms. The Morgan fingerprint density at radius 1 is 0.727 bits per heavy atom. The van der Waals surface area contributed by atoms with Gasteiger partial charge in [-0.05, 0) is 17.2 Å². The second kappa shape index (κ2) is 6.57. The number of benzene rings is 3. The van der Waals surface area contributed by atoms with Gasteiger partial charge in [0.05, 0.1) is 10.0 Å². The Labute approximate surface area is 143 Å². The van der Waals surface area contributed by atoms with Gasteiger partial charge >= 0.3 is 0 Å². The van der Waals surface area contributed by atoms with Crippen LogP contribution in [0, 0.1) is 0 Å². The summed E-state index contributed by atoms with van der Waals surface area (Å²) in [6.45, 7) is 0. The average molecular weight is 345 g/mol. The third kappa shape index (κ3) is 2.78. The molecule has 4 heteroatoms. The largest absolute Gasteiger partial charge is 0.553 e. The predicted molar refractivity (Wildman–Crippen MR) is 97.9 cm³/mol. The topological polar surface area (TPSA) is 9.23 Å². The van der Waals surface area contributed by atoms with Crippen molar-refractivity contribution in [2.45, 2.75) is 0 Å². The lowest BCUT2D eigenvalue weighted by atomic mass is 9.93. The smallest absolute Gasteiger partial charge is 0.204 e. The van der Waals surface area contributed by atoms with E-state index in [0.29, 0.717) is 20.5 Å². The number of hydrogen-bond donors (Lipinski definition) is 0. The number of hydrogen-bond acceptors (Lipinski definition) is 1. The Morgan fingerprint density at radius 3 is 1.73 bits per heavy atom. The molecule has 0 amide bonds. The molecule has 0 heterocycles. The molecule has 0 radical (unpaired) electrons. The van der Waals surface area contributed by atoms with E-state index in [1.807, 2.05) is 48.5 Å². The molecule has 0 saturated carbocycles. The molecule has 0 saturated heterocycles. The highest BCUT2D eigenvalue weighted by atomic mass is 35.5. The molecule has 0 atom stereocenters. The maximum atomic E-state index is 6.54. The van der Waals surface area contributed by atoms with E-state index in [4.69, 9.17) is 27.6 Å². The fourth-order valence-corrected chi connectivity index (χ4v) is 3.30. The van der Waals surface area contributed by atoms with Crippen LogP contribution in [0.25, 0.3) is 22.3 Å². The average Bonchev–Trinajstić information content (AvgIpc) is 2.58. The Hall–Kier alpha value is -1.74. The van der Waals surface area contributed by atoms with Gasteiger partial charge in [0.25, 0.3) is 0 Å². The van der Waals surface area contributed by atoms with Gasteiger partial charge in [-0.1, -0.05) is 83.9 Å². The highest BCUT2D eigenvalue weighted by molar-refractivity contribution is 6.44. The summed E-state index contributed by atoms with van der Waals surface area (Å²) >= 11 is 12.8. The van der Waals surface area contributed by atoms with Gasteiger partial charge in [-0.2, -0.15) is 0 Å². The van der Waals surface area contributed by atoms with Crippen LogP contribution in [0.5, 0.6) is 5.75 Å². The van der Waals surface area contributed by atoms with Gasteiger partial charge < -0.3 is 4.43 Å². The summed E-state index contributed by atoms with van der Waals surface area (Å²) in [4.78, 5) is 0. The van der Waals surface area contributed by atoms with Gasteiger partial charge in [0, 0.05) is 11.1 Å². The van der Waals surface area contributed by atoms with Crippen molar-refractivity contribution < 1.29 is 4.43 Å². The molecular formula is C18H14Cl2OSi. The van der Waals surface area contributed by atoms with Crippen LogP contribution in [-0.2, 0) is 0 Å². The van der Waals surface area contributed by atoms with E-state index in [9.17, 15) is 0 Å². The Bertz CT molecular complexity index is 789. The van der Waals surface area contributed by atoms with Crippen LogP contribution in [0.15, 0.2) is 66.7 Å². The van der Waals surface area contributed by atoms with Crippen LogP contribution in [0.1, 0.15) is 0 Å². The summed E-state index contributed by atoms with van der Waals surface area (Å²) in [5, 5.41) is 1.06. The Morgan fingerprint density at radius 2 is 1.23 bits per heavy atom. The van der Waals surface area contributed by atoms with E-state index in [2.05, 4.69) is 12.1 Å². The molecule has 0 aromatic heterocycles.